The lowest BCUT2D eigenvalue weighted by atomic mass is 10.1. The van der Waals surface area contributed by atoms with Gasteiger partial charge in [-0.05, 0) is 30.7 Å². The average molecular weight is 364 g/mol. The predicted molar refractivity (Wildman–Crippen MR) is 106 cm³/mol. The van der Waals surface area contributed by atoms with Crippen LogP contribution < -0.4 is 21.1 Å². The van der Waals surface area contributed by atoms with Crippen LogP contribution in [0.4, 0.5) is 15.3 Å². The number of unbranched alkanes of at least 4 members (excludes halogenated alkanes) is 9. The second-order valence-corrected chi connectivity index (χ2v) is 6.50. The highest BCUT2D eigenvalue weighted by Crippen LogP contribution is 2.16. The number of hydrogen-bond acceptors (Lipinski definition) is 3. The van der Waals surface area contributed by atoms with E-state index in [0.717, 1.165) is 12.2 Å². The Labute approximate surface area is 156 Å². The lowest BCUT2D eigenvalue weighted by Gasteiger charge is -2.08. The fourth-order valence-corrected chi connectivity index (χ4v) is 2.69. The molecule has 146 valence electrons. The fourth-order valence-electron chi connectivity index (χ4n) is 2.69. The van der Waals surface area contributed by atoms with E-state index >= 15 is 0 Å². The second kappa shape index (κ2) is 14.0. The van der Waals surface area contributed by atoms with Crippen molar-refractivity contribution in [3.63, 3.8) is 0 Å². The van der Waals surface area contributed by atoms with Crippen LogP contribution in [0.25, 0.3) is 0 Å². The molecule has 0 aliphatic heterocycles. The molecule has 1 aromatic rings. The monoisotopic (exact) mass is 363 g/mol. The molecule has 0 bridgehead atoms. The summed E-state index contributed by atoms with van der Waals surface area (Å²) in [7, 11) is 0. The van der Waals surface area contributed by atoms with E-state index in [0.29, 0.717) is 12.3 Å². The molecule has 0 radical (unpaired) electrons. The van der Waals surface area contributed by atoms with Crippen LogP contribution in [0.1, 0.15) is 71.1 Å². The molecule has 0 saturated carbocycles. The van der Waals surface area contributed by atoms with Gasteiger partial charge in [-0.15, -0.1) is 0 Å². The summed E-state index contributed by atoms with van der Waals surface area (Å²) in [4.78, 5) is 21.9. The summed E-state index contributed by atoms with van der Waals surface area (Å²) >= 11 is 0. The van der Waals surface area contributed by atoms with Crippen molar-refractivity contribution < 1.29 is 14.3 Å². The third-order valence-electron chi connectivity index (χ3n) is 4.12. The molecule has 4 N–H and O–H groups in total. The number of rotatable bonds is 13. The lowest BCUT2D eigenvalue weighted by molar-refractivity contribution is 0.238. The van der Waals surface area contributed by atoms with Crippen molar-refractivity contribution in [2.75, 3.05) is 11.9 Å². The minimum atomic E-state index is -0.890. The number of carbonyl (C=O) groups excluding carboxylic acids is 2. The second-order valence-electron chi connectivity index (χ2n) is 6.50. The number of hydrogen-bond donors (Lipinski definition) is 3. The number of carbonyl (C=O) groups is 2. The molecule has 0 aliphatic carbocycles. The number of anilines is 1. The Bertz CT molecular complexity index is 518. The quantitative estimate of drug-likeness (QED) is 0.421. The Morgan fingerprint density at radius 1 is 0.885 bits per heavy atom. The number of amides is 4. The highest BCUT2D eigenvalue weighted by molar-refractivity contribution is 6.00. The van der Waals surface area contributed by atoms with Crippen LogP contribution >= 0.6 is 0 Å². The third kappa shape index (κ3) is 11.3. The molecule has 6 heteroatoms. The topological polar surface area (TPSA) is 93.4 Å². The average Bonchev–Trinajstić information content (AvgIpc) is 2.60. The summed E-state index contributed by atoms with van der Waals surface area (Å²) < 4.78 is 5.70. The maximum atomic E-state index is 11.3. The van der Waals surface area contributed by atoms with Crippen molar-refractivity contribution in [1.29, 1.82) is 0 Å². The summed E-state index contributed by atoms with van der Waals surface area (Å²) in [5.74, 6) is 0.766. The standard InChI is InChI=1S/C20H33N3O3/c1-2-3-4-5-6-7-8-9-10-11-16-26-18-14-12-17(13-15-18)22-20(25)23-19(21)24/h12-15H,2-11,16H2,1H3,(H4,21,22,23,24,25). The Hall–Kier alpha value is -2.24. The molecule has 0 fully saturated rings. The van der Waals surface area contributed by atoms with Crippen molar-refractivity contribution >= 4 is 17.7 Å². The number of urea groups is 2. The van der Waals surface area contributed by atoms with Gasteiger partial charge in [0.15, 0.2) is 0 Å². The van der Waals surface area contributed by atoms with E-state index in [-0.39, 0.29) is 0 Å². The first-order valence-electron chi connectivity index (χ1n) is 9.72. The minimum Gasteiger partial charge on any atom is -0.494 e. The zero-order valence-corrected chi connectivity index (χ0v) is 15.9. The van der Waals surface area contributed by atoms with Crippen LogP contribution in [0.2, 0.25) is 0 Å². The Morgan fingerprint density at radius 3 is 1.96 bits per heavy atom. The normalized spacial score (nSPS) is 10.3. The van der Waals surface area contributed by atoms with E-state index < -0.39 is 12.1 Å². The number of primary amides is 1. The fraction of sp³-hybridized carbons (Fsp3) is 0.600. The summed E-state index contributed by atoms with van der Waals surface area (Å²) in [6.07, 6.45) is 13.0. The van der Waals surface area contributed by atoms with E-state index in [1.165, 1.54) is 57.8 Å². The van der Waals surface area contributed by atoms with Crippen LogP contribution in [0.15, 0.2) is 24.3 Å². The van der Waals surface area contributed by atoms with Gasteiger partial charge < -0.3 is 15.8 Å². The van der Waals surface area contributed by atoms with Crippen molar-refractivity contribution in [2.24, 2.45) is 5.73 Å². The van der Waals surface area contributed by atoms with Crippen molar-refractivity contribution in [3.8, 4) is 5.75 Å². The Kier molecular flexibility index (Phi) is 11.7. The molecule has 1 aromatic carbocycles. The predicted octanol–water partition coefficient (Wildman–Crippen LogP) is 5.19. The number of ether oxygens (including phenoxy) is 1. The molecular weight excluding hydrogens is 330 g/mol. The SMILES string of the molecule is CCCCCCCCCCCCOc1ccc(NC(=O)NC(N)=O)cc1. The molecule has 0 atom stereocenters. The third-order valence-corrected chi connectivity index (χ3v) is 4.12. The maximum Gasteiger partial charge on any atom is 0.327 e. The van der Waals surface area contributed by atoms with Crippen molar-refractivity contribution in [3.05, 3.63) is 24.3 Å². The number of benzene rings is 1. The van der Waals surface area contributed by atoms with Crippen LogP contribution in [0.5, 0.6) is 5.75 Å². The van der Waals surface area contributed by atoms with E-state index in [1.54, 1.807) is 24.3 Å². The van der Waals surface area contributed by atoms with E-state index in [1.807, 2.05) is 5.32 Å². The summed E-state index contributed by atoms with van der Waals surface area (Å²) in [5, 5.41) is 4.44. The lowest BCUT2D eigenvalue weighted by Crippen LogP contribution is -2.38. The number of imide groups is 1. The van der Waals surface area contributed by atoms with E-state index in [4.69, 9.17) is 10.5 Å². The highest BCUT2D eigenvalue weighted by atomic mass is 16.5. The van der Waals surface area contributed by atoms with Gasteiger partial charge in [0.2, 0.25) is 0 Å². The zero-order chi connectivity index (χ0) is 19.0. The van der Waals surface area contributed by atoms with E-state index in [2.05, 4.69) is 12.2 Å². The molecule has 0 aliphatic rings. The van der Waals surface area contributed by atoms with Gasteiger partial charge in [0.05, 0.1) is 6.61 Å². The van der Waals surface area contributed by atoms with Gasteiger partial charge in [0.25, 0.3) is 0 Å². The van der Waals surface area contributed by atoms with E-state index in [9.17, 15) is 9.59 Å². The first kappa shape index (κ1) is 21.8. The van der Waals surface area contributed by atoms with Crippen LogP contribution in [0, 0.1) is 0 Å². The number of nitrogens with two attached hydrogens (primary N) is 1. The van der Waals surface area contributed by atoms with Gasteiger partial charge in [0.1, 0.15) is 5.75 Å². The van der Waals surface area contributed by atoms with Gasteiger partial charge >= 0.3 is 12.1 Å². The molecule has 0 aromatic heterocycles. The first-order chi connectivity index (χ1) is 12.6. The molecular formula is C20H33N3O3. The zero-order valence-electron chi connectivity index (χ0n) is 15.9. The van der Waals surface area contributed by atoms with Gasteiger partial charge in [-0.25, -0.2) is 9.59 Å². The minimum absolute atomic E-state index is 0.565. The maximum absolute atomic E-state index is 11.3. The molecule has 0 heterocycles. The first-order valence-corrected chi connectivity index (χ1v) is 9.72. The van der Waals surface area contributed by atoms with Gasteiger partial charge in [-0.2, -0.15) is 0 Å². The van der Waals surface area contributed by atoms with Crippen LogP contribution in [-0.2, 0) is 0 Å². The Morgan fingerprint density at radius 2 is 1.42 bits per heavy atom. The molecule has 26 heavy (non-hydrogen) atoms. The molecule has 0 spiro atoms. The summed E-state index contributed by atoms with van der Waals surface area (Å²) in [6, 6.07) is 5.46. The number of nitrogens with one attached hydrogen (secondary N) is 2. The molecule has 1 rings (SSSR count). The molecule has 0 saturated heterocycles. The summed E-state index contributed by atoms with van der Waals surface area (Å²) in [6.45, 7) is 2.95. The van der Waals surface area contributed by atoms with Gasteiger partial charge in [0, 0.05) is 5.69 Å². The largest absolute Gasteiger partial charge is 0.494 e. The molecule has 0 unspecified atom stereocenters. The van der Waals surface area contributed by atoms with Crippen molar-refractivity contribution in [1.82, 2.24) is 5.32 Å². The van der Waals surface area contributed by atoms with Gasteiger partial charge in [-0.3, -0.25) is 5.32 Å². The Balaban J connectivity index is 2.04. The summed E-state index contributed by atoms with van der Waals surface area (Å²) in [5.41, 5.74) is 5.44. The van der Waals surface area contributed by atoms with Crippen molar-refractivity contribution in [2.45, 2.75) is 71.1 Å². The van der Waals surface area contributed by atoms with Crippen LogP contribution in [0.3, 0.4) is 0 Å². The smallest absolute Gasteiger partial charge is 0.327 e. The molecule has 6 nitrogen and oxygen atoms in total. The van der Waals surface area contributed by atoms with Crippen LogP contribution in [-0.4, -0.2) is 18.7 Å². The molecule has 4 amide bonds. The highest BCUT2D eigenvalue weighted by Gasteiger charge is 2.04. The van der Waals surface area contributed by atoms with Gasteiger partial charge in [-0.1, -0.05) is 64.7 Å².